The van der Waals surface area contributed by atoms with E-state index in [1.165, 1.54) is 23.6 Å². The lowest BCUT2D eigenvalue weighted by molar-refractivity contribution is 0.0746. The molecular weight excluding hydrogens is 289 g/mol. The summed E-state index contributed by atoms with van der Waals surface area (Å²) < 4.78 is 13.8. The van der Waals surface area contributed by atoms with Crippen LogP contribution in [0.4, 0.5) is 4.39 Å². The third kappa shape index (κ3) is 2.69. The molecule has 1 aliphatic heterocycles. The summed E-state index contributed by atoms with van der Waals surface area (Å²) in [6, 6.07) is 6.56. The Bertz CT molecular complexity index is 658. The van der Waals surface area contributed by atoms with Gasteiger partial charge >= 0.3 is 0 Å². The lowest BCUT2D eigenvalue weighted by Gasteiger charge is -2.22. The van der Waals surface area contributed by atoms with Gasteiger partial charge in [-0.15, -0.1) is 11.3 Å². The van der Waals surface area contributed by atoms with Crippen molar-refractivity contribution in [1.29, 1.82) is 0 Å². The van der Waals surface area contributed by atoms with Crippen molar-refractivity contribution in [3.05, 3.63) is 41.2 Å². The first-order chi connectivity index (χ1) is 10.2. The zero-order valence-electron chi connectivity index (χ0n) is 11.5. The first-order valence-corrected chi connectivity index (χ1v) is 7.74. The van der Waals surface area contributed by atoms with E-state index in [9.17, 15) is 9.18 Å². The highest BCUT2D eigenvalue weighted by atomic mass is 32.1. The molecule has 0 unspecified atom stereocenters. The molecule has 1 fully saturated rings. The minimum absolute atomic E-state index is 0.0527. The molecule has 0 aliphatic carbocycles. The Labute approximate surface area is 126 Å². The van der Waals surface area contributed by atoms with Crippen LogP contribution in [0.5, 0.6) is 0 Å². The number of thiazole rings is 1. The number of likely N-dealkylation sites (tertiary alicyclic amines) is 1. The van der Waals surface area contributed by atoms with E-state index >= 15 is 0 Å². The van der Waals surface area contributed by atoms with Crippen molar-refractivity contribution in [1.82, 2.24) is 9.88 Å². The van der Waals surface area contributed by atoms with Crippen LogP contribution in [0.25, 0.3) is 10.6 Å². The van der Waals surface area contributed by atoms with Crippen LogP contribution in [0.15, 0.2) is 30.5 Å². The number of nitrogens with two attached hydrogens (primary N) is 1. The molecule has 2 heterocycles. The number of hydrogen-bond acceptors (Lipinski definition) is 4. The van der Waals surface area contributed by atoms with Crippen molar-refractivity contribution in [3.63, 3.8) is 0 Å². The van der Waals surface area contributed by atoms with Crippen LogP contribution in [-0.4, -0.2) is 34.9 Å². The number of hydrogen-bond donors (Lipinski definition) is 1. The van der Waals surface area contributed by atoms with Gasteiger partial charge in [0.25, 0.3) is 5.91 Å². The minimum atomic E-state index is -0.327. The zero-order chi connectivity index (χ0) is 14.8. The first-order valence-electron chi connectivity index (χ1n) is 6.92. The van der Waals surface area contributed by atoms with Gasteiger partial charge in [0.2, 0.25) is 0 Å². The number of carbonyl (C=O) groups excluding carboxylic acids is 1. The molecular formula is C15H16FN3OS. The summed E-state index contributed by atoms with van der Waals surface area (Å²) in [4.78, 5) is 19.0. The molecule has 0 radical (unpaired) electrons. The topological polar surface area (TPSA) is 59.2 Å². The Morgan fingerprint density at radius 2 is 2.29 bits per heavy atom. The molecule has 1 aliphatic rings. The molecule has 0 spiro atoms. The maximum absolute atomic E-state index is 13.8. The number of rotatable bonds is 3. The number of amides is 1. The van der Waals surface area contributed by atoms with Crippen LogP contribution in [0.1, 0.15) is 22.5 Å². The van der Waals surface area contributed by atoms with Crippen molar-refractivity contribution in [2.24, 2.45) is 5.73 Å². The molecule has 1 aromatic carbocycles. The summed E-state index contributed by atoms with van der Waals surface area (Å²) in [6.45, 7) is 1.21. The summed E-state index contributed by atoms with van der Waals surface area (Å²) in [5, 5.41) is 0.528. The van der Waals surface area contributed by atoms with Gasteiger partial charge < -0.3 is 10.6 Å². The quantitative estimate of drug-likeness (QED) is 0.948. The molecule has 4 nitrogen and oxygen atoms in total. The van der Waals surface area contributed by atoms with Crippen molar-refractivity contribution < 1.29 is 9.18 Å². The Hall–Kier alpha value is -1.79. The average molecular weight is 305 g/mol. The van der Waals surface area contributed by atoms with E-state index in [1.54, 1.807) is 23.1 Å². The second kappa shape index (κ2) is 5.91. The Morgan fingerprint density at radius 1 is 1.48 bits per heavy atom. The highest BCUT2D eigenvalue weighted by molar-refractivity contribution is 7.16. The fourth-order valence-electron chi connectivity index (χ4n) is 2.62. The molecule has 0 saturated carbocycles. The van der Waals surface area contributed by atoms with E-state index in [-0.39, 0.29) is 17.8 Å². The smallest absolute Gasteiger partial charge is 0.265 e. The van der Waals surface area contributed by atoms with Crippen LogP contribution in [0.3, 0.4) is 0 Å². The van der Waals surface area contributed by atoms with E-state index in [0.717, 1.165) is 19.4 Å². The Kier molecular flexibility index (Phi) is 3.98. The Morgan fingerprint density at radius 3 is 3.05 bits per heavy atom. The van der Waals surface area contributed by atoms with Crippen LogP contribution >= 0.6 is 11.3 Å². The van der Waals surface area contributed by atoms with Gasteiger partial charge in [-0.25, -0.2) is 9.37 Å². The number of halogens is 1. The summed E-state index contributed by atoms with van der Waals surface area (Å²) in [5.41, 5.74) is 6.13. The van der Waals surface area contributed by atoms with Gasteiger partial charge in [0.05, 0.1) is 6.20 Å². The average Bonchev–Trinajstić information content (AvgIpc) is 3.16. The molecule has 6 heteroatoms. The molecule has 1 aromatic heterocycles. The molecule has 110 valence electrons. The molecule has 3 rings (SSSR count). The predicted octanol–water partition coefficient (Wildman–Crippen LogP) is 2.51. The highest BCUT2D eigenvalue weighted by Gasteiger charge is 2.29. The van der Waals surface area contributed by atoms with E-state index in [1.807, 2.05) is 0 Å². The fraction of sp³-hybridized carbons (Fsp3) is 0.333. The van der Waals surface area contributed by atoms with E-state index in [2.05, 4.69) is 4.98 Å². The summed E-state index contributed by atoms with van der Waals surface area (Å²) in [6.07, 6.45) is 3.45. The molecule has 1 saturated heterocycles. The second-order valence-corrected chi connectivity index (χ2v) is 6.07. The zero-order valence-corrected chi connectivity index (χ0v) is 12.3. The maximum atomic E-state index is 13.8. The van der Waals surface area contributed by atoms with Crippen molar-refractivity contribution in [2.45, 2.75) is 18.9 Å². The number of benzene rings is 1. The van der Waals surface area contributed by atoms with Gasteiger partial charge in [0.15, 0.2) is 0 Å². The van der Waals surface area contributed by atoms with Gasteiger partial charge in [-0.2, -0.15) is 0 Å². The largest absolute Gasteiger partial charge is 0.334 e. The molecule has 0 bridgehead atoms. The van der Waals surface area contributed by atoms with Gasteiger partial charge in [0.1, 0.15) is 15.7 Å². The van der Waals surface area contributed by atoms with Crippen LogP contribution < -0.4 is 5.73 Å². The van der Waals surface area contributed by atoms with Crippen LogP contribution in [0, 0.1) is 5.82 Å². The van der Waals surface area contributed by atoms with Crippen LogP contribution in [0.2, 0.25) is 0 Å². The molecule has 2 N–H and O–H groups in total. The van der Waals surface area contributed by atoms with E-state index in [0.29, 0.717) is 22.0 Å². The summed E-state index contributed by atoms with van der Waals surface area (Å²) in [5.74, 6) is -0.380. The van der Waals surface area contributed by atoms with Crippen LogP contribution in [-0.2, 0) is 0 Å². The highest BCUT2D eigenvalue weighted by Crippen LogP contribution is 2.29. The van der Waals surface area contributed by atoms with Crippen molar-refractivity contribution in [2.75, 3.05) is 13.1 Å². The SMILES string of the molecule is NC[C@@H]1CCCN1C(=O)c1cnc(-c2ccccc2F)s1. The van der Waals surface area contributed by atoms with Gasteiger partial charge in [0, 0.05) is 24.7 Å². The predicted molar refractivity (Wildman–Crippen MR) is 80.6 cm³/mol. The summed E-state index contributed by atoms with van der Waals surface area (Å²) in [7, 11) is 0. The summed E-state index contributed by atoms with van der Waals surface area (Å²) >= 11 is 1.22. The molecule has 2 aromatic rings. The lowest BCUT2D eigenvalue weighted by Crippen LogP contribution is -2.39. The fourth-order valence-corrected chi connectivity index (χ4v) is 3.52. The maximum Gasteiger partial charge on any atom is 0.265 e. The molecule has 21 heavy (non-hydrogen) atoms. The molecule has 1 atom stereocenters. The third-order valence-electron chi connectivity index (χ3n) is 3.73. The monoisotopic (exact) mass is 305 g/mol. The normalized spacial score (nSPS) is 18.2. The van der Waals surface area contributed by atoms with Gasteiger partial charge in [-0.3, -0.25) is 4.79 Å². The minimum Gasteiger partial charge on any atom is -0.334 e. The number of aromatic nitrogens is 1. The number of nitrogens with zero attached hydrogens (tertiary/aromatic N) is 2. The second-order valence-electron chi connectivity index (χ2n) is 5.04. The first kappa shape index (κ1) is 14.2. The standard InChI is InChI=1S/C15H16FN3OS/c16-12-6-2-1-5-11(12)14-18-9-13(21-14)15(20)19-7-3-4-10(19)8-17/h1-2,5-6,9-10H,3-4,7-8,17H2/t10-/m0/s1. The number of carbonyl (C=O) groups is 1. The van der Waals surface area contributed by atoms with Crippen molar-refractivity contribution in [3.8, 4) is 10.6 Å². The third-order valence-corrected chi connectivity index (χ3v) is 4.75. The molecule has 1 amide bonds. The van der Waals surface area contributed by atoms with E-state index in [4.69, 9.17) is 5.73 Å². The van der Waals surface area contributed by atoms with Gasteiger partial charge in [-0.1, -0.05) is 12.1 Å². The van der Waals surface area contributed by atoms with Gasteiger partial charge in [-0.05, 0) is 25.0 Å². The Balaban J connectivity index is 1.85. The lowest BCUT2D eigenvalue weighted by atomic mass is 10.2. The van der Waals surface area contributed by atoms with Crippen molar-refractivity contribution >= 4 is 17.2 Å². The van der Waals surface area contributed by atoms with E-state index < -0.39 is 0 Å².